The van der Waals surface area contributed by atoms with E-state index in [9.17, 15) is 14.7 Å². The first-order valence-corrected chi connectivity index (χ1v) is 7.23. The van der Waals surface area contributed by atoms with Crippen LogP contribution in [-0.2, 0) is 9.59 Å². The average molecular weight is 316 g/mol. The molecular weight excluding hydrogens is 301 g/mol. The molecule has 1 saturated carbocycles. The van der Waals surface area contributed by atoms with Crippen molar-refractivity contribution < 1.29 is 14.7 Å². The van der Waals surface area contributed by atoms with Crippen LogP contribution in [0.1, 0.15) is 25.7 Å². The molecule has 0 aromatic heterocycles. The molecule has 20 heavy (non-hydrogen) atoms. The Hall–Kier alpha value is -1.26. The predicted molar refractivity (Wildman–Crippen MR) is 78.2 cm³/mol. The van der Waals surface area contributed by atoms with Gasteiger partial charge >= 0.3 is 5.97 Å². The molecule has 1 amide bonds. The summed E-state index contributed by atoms with van der Waals surface area (Å²) in [6.07, 6.45) is 2.88. The summed E-state index contributed by atoms with van der Waals surface area (Å²) < 4.78 is 0. The van der Waals surface area contributed by atoms with E-state index in [1.807, 2.05) is 0 Å². The van der Waals surface area contributed by atoms with Crippen molar-refractivity contribution in [3.63, 3.8) is 0 Å². The van der Waals surface area contributed by atoms with E-state index in [1.54, 1.807) is 18.2 Å². The lowest BCUT2D eigenvalue weighted by molar-refractivity contribution is -0.147. The number of nitrogens with one attached hydrogen (secondary N) is 1. The van der Waals surface area contributed by atoms with E-state index in [0.717, 1.165) is 12.8 Å². The second-order valence-corrected chi connectivity index (χ2v) is 5.77. The van der Waals surface area contributed by atoms with Crippen LogP contribution in [0.4, 0.5) is 5.69 Å². The van der Waals surface area contributed by atoms with Gasteiger partial charge in [-0.2, -0.15) is 0 Å². The zero-order valence-corrected chi connectivity index (χ0v) is 12.2. The Morgan fingerprint density at radius 1 is 1.10 bits per heavy atom. The van der Waals surface area contributed by atoms with Gasteiger partial charge in [-0.25, -0.2) is 0 Å². The fraction of sp³-hybridized carbons (Fsp3) is 0.429. The number of amides is 1. The van der Waals surface area contributed by atoms with Crippen molar-refractivity contribution in [2.45, 2.75) is 25.7 Å². The lowest BCUT2D eigenvalue weighted by Crippen LogP contribution is -2.36. The third-order valence-corrected chi connectivity index (χ3v) is 4.35. The van der Waals surface area contributed by atoms with Crippen LogP contribution in [0.15, 0.2) is 18.2 Å². The molecule has 4 nitrogen and oxygen atoms in total. The Labute approximate surface area is 127 Å². The summed E-state index contributed by atoms with van der Waals surface area (Å²) in [4.78, 5) is 23.4. The normalized spacial score (nSPS) is 22.3. The minimum Gasteiger partial charge on any atom is -0.481 e. The van der Waals surface area contributed by atoms with Crippen molar-refractivity contribution in [2.24, 2.45) is 11.8 Å². The molecule has 2 rings (SSSR count). The molecule has 0 spiro atoms. The molecule has 1 fully saturated rings. The number of halogens is 2. The van der Waals surface area contributed by atoms with Gasteiger partial charge in [0.15, 0.2) is 0 Å². The lowest BCUT2D eigenvalue weighted by atomic mass is 9.78. The fourth-order valence-electron chi connectivity index (χ4n) is 2.55. The van der Waals surface area contributed by atoms with Gasteiger partial charge in [-0.3, -0.25) is 9.59 Å². The van der Waals surface area contributed by atoms with Gasteiger partial charge in [-0.1, -0.05) is 36.0 Å². The molecule has 6 heteroatoms. The van der Waals surface area contributed by atoms with Crippen LogP contribution in [0.2, 0.25) is 10.0 Å². The molecule has 0 radical (unpaired) electrons. The molecular formula is C14H15Cl2NO3. The lowest BCUT2D eigenvalue weighted by Gasteiger charge is -2.27. The van der Waals surface area contributed by atoms with Crippen molar-refractivity contribution in [2.75, 3.05) is 5.32 Å². The van der Waals surface area contributed by atoms with Crippen LogP contribution in [0.5, 0.6) is 0 Å². The summed E-state index contributed by atoms with van der Waals surface area (Å²) in [6, 6.07) is 4.79. The first kappa shape index (κ1) is 15.1. The first-order valence-electron chi connectivity index (χ1n) is 6.48. The number of carbonyl (C=O) groups is 2. The first-order chi connectivity index (χ1) is 9.49. The number of aliphatic carboxylic acids is 1. The van der Waals surface area contributed by atoms with Gasteiger partial charge in [0.25, 0.3) is 0 Å². The largest absolute Gasteiger partial charge is 0.481 e. The van der Waals surface area contributed by atoms with Gasteiger partial charge in [-0.05, 0) is 31.0 Å². The average Bonchev–Trinajstić information content (AvgIpc) is 2.43. The monoisotopic (exact) mass is 315 g/mol. The second kappa shape index (κ2) is 6.46. The standard InChI is InChI=1S/C14H15Cl2NO3/c15-11-6-5-8(7-12(11)16)17-13(18)9-3-1-2-4-10(9)14(19)20/h5-7,9-10H,1-4H2,(H,17,18)(H,19,20). The Kier molecular flexibility index (Phi) is 4.89. The van der Waals surface area contributed by atoms with Gasteiger partial charge in [0.1, 0.15) is 0 Å². The van der Waals surface area contributed by atoms with Gasteiger partial charge in [-0.15, -0.1) is 0 Å². The number of carboxylic acid groups (broad SMARTS) is 1. The number of carbonyl (C=O) groups excluding carboxylic acids is 1. The highest BCUT2D eigenvalue weighted by molar-refractivity contribution is 6.42. The summed E-state index contributed by atoms with van der Waals surface area (Å²) in [5, 5.41) is 12.7. The highest BCUT2D eigenvalue weighted by atomic mass is 35.5. The maximum absolute atomic E-state index is 12.2. The zero-order valence-electron chi connectivity index (χ0n) is 10.7. The topological polar surface area (TPSA) is 66.4 Å². The molecule has 1 aromatic rings. The van der Waals surface area contributed by atoms with Gasteiger partial charge in [0.2, 0.25) is 5.91 Å². The number of rotatable bonds is 3. The summed E-state index contributed by atoms with van der Waals surface area (Å²) in [5.41, 5.74) is 0.527. The SMILES string of the molecule is O=C(O)C1CCCCC1C(=O)Nc1ccc(Cl)c(Cl)c1. The highest BCUT2D eigenvalue weighted by Gasteiger charge is 2.35. The number of benzene rings is 1. The van der Waals surface area contributed by atoms with Crippen molar-refractivity contribution >= 4 is 40.8 Å². The Morgan fingerprint density at radius 2 is 1.75 bits per heavy atom. The Morgan fingerprint density at radius 3 is 2.35 bits per heavy atom. The molecule has 0 bridgehead atoms. The zero-order chi connectivity index (χ0) is 14.7. The Balaban J connectivity index is 2.09. The molecule has 2 N–H and O–H groups in total. The van der Waals surface area contributed by atoms with E-state index < -0.39 is 17.8 Å². The van der Waals surface area contributed by atoms with Crippen molar-refractivity contribution in [3.8, 4) is 0 Å². The van der Waals surface area contributed by atoms with Crippen LogP contribution >= 0.6 is 23.2 Å². The predicted octanol–water partition coefficient (Wildman–Crippen LogP) is 3.82. The number of carboxylic acids is 1. The molecule has 1 aliphatic rings. The number of hydrogen-bond donors (Lipinski definition) is 2. The van der Waals surface area contributed by atoms with Crippen LogP contribution in [0.25, 0.3) is 0 Å². The van der Waals surface area contributed by atoms with E-state index in [2.05, 4.69) is 5.32 Å². The highest BCUT2D eigenvalue weighted by Crippen LogP contribution is 2.32. The minimum absolute atomic E-state index is 0.268. The van der Waals surface area contributed by atoms with E-state index >= 15 is 0 Å². The molecule has 2 unspecified atom stereocenters. The van der Waals surface area contributed by atoms with Crippen molar-refractivity contribution in [1.29, 1.82) is 0 Å². The molecule has 0 heterocycles. The van der Waals surface area contributed by atoms with Crippen LogP contribution in [-0.4, -0.2) is 17.0 Å². The van der Waals surface area contributed by atoms with E-state index in [-0.39, 0.29) is 5.91 Å². The number of hydrogen-bond acceptors (Lipinski definition) is 2. The van der Waals surface area contributed by atoms with Crippen LogP contribution in [0, 0.1) is 11.8 Å². The van der Waals surface area contributed by atoms with E-state index in [4.69, 9.17) is 23.2 Å². The maximum Gasteiger partial charge on any atom is 0.307 e. The quantitative estimate of drug-likeness (QED) is 0.891. The molecule has 1 aliphatic carbocycles. The smallest absolute Gasteiger partial charge is 0.307 e. The Bertz CT molecular complexity index is 533. The molecule has 0 aliphatic heterocycles. The van der Waals surface area contributed by atoms with Crippen LogP contribution in [0.3, 0.4) is 0 Å². The summed E-state index contributed by atoms with van der Waals surface area (Å²) >= 11 is 11.7. The summed E-state index contributed by atoms with van der Waals surface area (Å²) in [7, 11) is 0. The van der Waals surface area contributed by atoms with Crippen molar-refractivity contribution in [1.82, 2.24) is 0 Å². The third-order valence-electron chi connectivity index (χ3n) is 3.61. The van der Waals surface area contributed by atoms with E-state index in [0.29, 0.717) is 28.6 Å². The molecule has 1 aromatic carbocycles. The second-order valence-electron chi connectivity index (χ2n) is 4.95. The summed E-state index contributed by atoms with van der Waals surface area (Å²) in [6.45, 7) is 0. The number of anilines is 1. The molecule has 2 atom stereocenters. The third kappa shape index (κ3) is 3.44. The summed E-state index contributed by atoms with van der Waals surface area (Å²) in [5.74, 6) is -2.27. The fourth-order valence-corrected chi connectivity index (χ4v) is 2.85. The van der Waals surface area contributed by atoms with Crippen molar-refractivity contribution in [3.05, 3.63) is 28.2 Å². The van der Waals surface area contributed by atoms with Gasteiger partial charge in [0, 0.05) is 5.69 Å². The molecule has 0 saturated heterocycles. The van der Waals surface area contributed by atoms with Crippen LogP contribution < -0.4 is 5.32 Å². The van der Waals surface area contributed by atoms with Gasteiger partial charge in [0.05, 0.1) is 21.9 Å². The van der Waals surface area contributed by atoms with E-state index in [1.165, 1.54) is 0 Å². The maximum atomic E-state index is 12.2. The molecule has 108 valence electrons. The minimum atomic E-state index is -0.904. The van der Waals surface area contributed by atoms with Gasteiger partial charge < -0.3 is 10.4 Å².